The highest BCUT2D eigenvalue weighted by atomic mass is 32.2. The largest absolute Gasteiger partial charge is 0.391 e. The van der Waals surface area contributed by atoms with Gasteiger partial charge in [0, 0.05) is 18.9 Å². The molecule has 0 fully saturated rings. The second kappa shape index (κ2) is 6.31. The van der Waals surface area contributed by atoms with Gasteiger partial charge in [-0.25, -0.2) is 4.98 Å². The molecule has 0 bridgehead atoms. The molecule has 7 heteroatoms. The number of nitrogens with zero attached hydrogens (tertiary/aromatic N) is 1. The maximum Gasteiger partial charge on any atom is 0.185 e. The van der Waals surface area contributed by atoms with Gasteiger partial charge in [-0.3, -0.25) is 4.79 Å². The van der Waals surface area contributed by atoms with Crippen molar-refractivity contribution in [3.8, 4) is 0 Å². The van der Waals surface area contributed by atoms with E-state index in [0.29, 0.717) is 9.88 Å². The third-order valence-electron chi connectivity index (χ3n) is 1.80. The molecule has 0 saturated heterocycles. The number of thioether (sulfide) groups is 1. The van der Waals surface area contributed by atoms with E-state index in [1.54, 1.807) is 0 Å². The summed E-state index contributed by atoms with van der Waals surface area (Å²) in [6.07, 6.45) is -0.697. The Morgan fingerprint density at radius 1 is 1.62 bits per heavy atom. The van der Waals surface area contributed by atoms with Crippen molar-refractivity contribution >= 4 is 28.2 Å². The Morgan fingerprint density at radius 3 is 2.81 bits per heavy atom. The van der Waals surface area contributed by atoms with Crippen LogP contribution in [-0.2, 0) is 11.4 Å². The molecular formula is C9H13NO4S2. The predicted molar refractivity (Wildman–Crippen MR) is 62.1 cm³/mol. The number of carbonyl (C=O) groups is 1. The molecule has 0 saturated carbocycles. The highest BCUT2D eigenvalue weighted by Crippen LogP contribution is 2.24. The molecule has 0 aliphatic heterocycles. The van der Waals surface area contributed by atoms with Gasteiger partial charge in [-0.05, 0) is 0 Å². The van der Waals surface area contributed by atoms with Gasteiger partial charge in [-0.1, -0.05) is 11.8 Å². The summed E-state index contributed by atoms with van der Waals surface area (Å²) in [6.45, 7) is 1.26. The van der Waals surface area contributed by atoms with E-state index in [2.05, 4.69) is 4.98 Å². The zero-order chi connectivity index (χ0) is 12.1. The summed E-state index contributed by atoms with van der Waals surface area (Å²) in [6, 6.07) is 0. The van der Waals surface area contributed by atoms with E-state index in [1.165, 1.54) is 13.1 Å². The molecule has 5 nitrogen and oxygen atoms in total. The van der Waals surface area contributed by atoms with E-state index < -0.39 is 12.2 Å². The number of carbonyl (C=O) groups excluding carboxylic acids is 1. The van der Waals surface area contributed by atoms with Crippen LogP contribution in [0.4, 0.5) is 0 Å². The van der Waals surface area contributed by atoms with Crippen molar-refractivity contribution in [1.29, 1.82) is 0 Å². The smallest absolute Gasteiger partial charge is 0.185 e. The summed E-state index contributed by atoms with van der Waals surface area (Å²) in [5.74, 6) is 0.130. The van der Waals surface area contributed by atoms with Crippen molar-refractivity contribution < 1.29 is 20.1 Å². The van der Waals surface area contributed by atoms with Crippen LogP contribution in [0.2, 0.25) is 0 Å². The Kier molecular flexibility index (Phi) is 5.36. The third-order valence-corrected chi connectivity index (χ3v) is 3.77. The van der Waals surface area contributed by atoms with Crippen LogP contribution in [0.15, 0.2) is 6.20 Å². The van der Waals surface area contributed by atoms with Gasteiger partial charge in [0.25, 0.3) is 0 Å². The van der Waals surface area contributed by atoms with Gasteiger partial charge in [0.05, 0.1) is 17.6 Å². The maximum absolute atomic E-state index is 10.7. The molecule has 2 atom stereocenters. The molecule has 1 rings (SSSR count). The lowest BCUT2D eigenvalue weighted by Crippen LogP contribution is -2.21. The molecule has 1 aromatic rings. The molecule has 90 valence electrons. The molecule has 0 amide bonds. The molecule has 0 aliphatic rings. The Bertz CT molecular complexity index is 355. The molecule has 0 spiro atoms. The van der Waals surface area contributed by atoms with E-state index >= 15 is 0 Å². The minimum atomic E-state index is -1.11. The minimum Gasteiger partial charge on any atom is -0.391 e. The number of aliphatic hydroxyl groups excluding tert-OH is 3. The highest BCUT2D eigenvalue weighted by Gasteiger charge is 2.22. The Balaban J connectivity index is 2.55. The zero-order valence-corrected chi connectivity index (χ0v) is 10.3. The fourth-order valence-electron chi connectivity index (χ4n) is 0.991. The topological polar surface area (TPSA) is 90.7 Å². The van der Waals surface area contributed by atoms with Gasteiger partial charge in [-0.15, -0.1) is 11.3 Å². The molecule has 16 heavy (non-hydrogen) atoms. The molecule has 2 unspecified atom stereocenters. The Labute approximate surface area is 101 Å². The molecule has 0 radical (unpaired) electrons. The second-order valence-electron chi connectivity index (χ2n) is 3.14. The van der Waals surface area contributed by atoms with Crippen LogP contribution in [0.5, 0.6) is 0 Å². The van der Waals surface area contributed by atoms with E-state index in [1.807, 2.05) is 0 Å². The van der Waals surface area contributed by atoms with Gasteiger partial charge in [-0.2, -0.15) is 0 Å². The van der Waals surface area contributed by atoms with Crippen LogP contribution in [-0.4, -0.2) is 37.3 Å². The number of thiazole rings is 1. The summed E-state index contributed by atoms with van der Waals surface area (Å²) in [5.41, 5.74) is 0. The number of aromatic nitrogens is 1. The number of aliphatic hydroxyl groups is 3. The van der Waals surface area contributed by atoms with Crippen LogP contribution in [0, 0.1) is 0 Å². The molecule has 1 aromatic heterocycles. The molecular weight excluding hydrogens is 250 g/mol. The second-order valence-corrected chi connectivity index (χ2v) is 5.48. The van der Waals surface area contributed by atoms with Crippen molar-refractivity contribution in [1.82, 2.24) is 4.98 Å². The molecule has 0 aromatic carbocycles. The van der Waals surface area contributed by atoms with Crippen molar-refractivity contribution in [2.75, 3.05) is 5.75 Å². The lowest BCUT2D eigenvalue weighted by molar-refractivity contribution is -0.109. The lowest BCUT2D eigenvalue weighted by atomic mass is 10.2. The first-order valence-corrected chi connectivity index (χ1v) is 6.39. The quantitative estimate of drug-likeness (QED) is 0.708. The molecule has 1 heterocycles. The van der Waals surface area contributed by atoms with Crippen molar-refractivity contribution in [2.24, 2.45) is 0 Å². The van der Waals surface area contributed by atoms with E-state index in [4.69, 9.17) is 5.11 Å². The normalized spacial score (nSPS) is 14.8. The lowest BCUT2D eigenvalue weighted by Gasteiger charge is -2.14. The average Bonchev–Trinajstić information content (AvgIpc) is 2.73. The predicted octanol–water partition coefficient (Wildman–Crippen LogP) is 0.309. The van der Waals surface area contributed by atoms with Crippen LogP contribution < -0.4 is 0 Å². The van der Waals surface area contributed by atoms with Gasteiger partial charge in [0.2, 0.25) is 0 Å². The zero-order valence-electron chi connectivity index (χ0n) is 8.66. The summed E-state index contributed by atoms with van der Waals surface area (Å²) in [5, 5.41) is 28.3. The van der Waals surface area contributed by atoms with E-state index in [9.17, 15) is 15.0 Å². The van der Waals surface area contributed by atoms with E-state index in [-0.39, 0.29) is 17.5 Å². The molecule has 3 N–H and O–H groups in total. The highest BCUT2D eigenvalue weighted by molar-refractivity contribution is 8.13. The van der Waals surface area contributed by atoms with Crippen LogP contribution in [0.1, 0.15) is 22.9 Å². The standard InChI is InChI=1S/C9H13NO4S2/c1-5(12)15-4-7(13)8(14)9-10-2-6(3-11)16-9/h2,7-8,11,13-14H,3-4H2,1H3. The number of hydrogen-bond acceptors (Lipinski definition) is 7. The van der Waals surface area contributed by atoms with E-state index in [0.717, 1.165) is 23.1 Å². The van der Waals surface area contributed by atoms with Crippen molar-refractivity contribution in [3.05, 3.63) is 16.1 Å². The number of hydrogen-bond donors (Lipinski definition) is 3. The van der Waals surface area contributed by atoms with Crippen molar-refractivity contribution in [3.63, 3.8) is 0 Å². The van der Waals surface area contributed by atoms with Crippen LogP contribution in [0.3, 0.4) is 0 Å². The number of rotatable bonds is 5. The SMILES string of the molecule is CC(=O)SCC(O)C(O)c1ncc(CO)s1. The monoisotopic (exact) mass is 263 g/mol. The summed E-state index contributed by atoms with van der Waals surface area (Å²) in [7, 11) is 0. The van der Waals surface area contributed by atoms with Gasteiger partial charge in [0.15, 0.2) is 5.12 Å². The van der Waals surface area contributed by atoms with Gasteiger partial charge >= 0.3 is 0 Å². The maximum atomic E-state index is 10.7. The fraction of sp³-hybridized carbons (Fsp3) is 0.556. The first kappa shape index (κ1) is 13.6. The molecule has 0 aliphatic carbocycles. The Morgan fingerprint density at radius 2 is 2.31 bits per heavy atom. The van der Waals surface area contributed by atoms with Crippen LogP contribution >= 0.6 is 23.1 Å². The minimum absolute atomic E-state index is 0.110. The van der Waals surface area contributed by atoms with Gasteiger partial charge in [0.1, 0.15) is 11.1 Å². The fourth-order valence-corrected chi connectivity index (χ4v) is 2.40. The third kappa shape index (κ3) is 3.84. The van der Waals surface area contributed by atoms with Crippen molar-refractivity contribution in [2.45, 2.75) is 25.7 Å². The van der Waals surface area contributed by atoms with Crippen LogP contribution in [0.25, 0.3) is 0 Å². The van der Waals surface area contributed by atoms with Gasteiger partial charge < -0.3 is 15.3 Å². The summed E-state index contributed by atoms with van der Waals surface area (Å²) in [4.78, 5) is 15.2. The summed E-state index contributed by atoms with van der Waals surface area (Å²) >= 11 is 2.09. The summed E-state index contributed by atoms with van der Waals surface area (Å²) < 4.78 is 0. The average molecular weight is 263 g/mol. The first-order valence-electron chi connectivity index (χ1n) is 4.59. The first-order chi connectivity index (χ1) is 7.54. The Hall–Kier alpha value is -0.470.